The molecule has 3 aromatic rings. The van der Waals surface area contributed by atoms with Crippen LogP contribution in [0, 0.1) is 0 Å². The predicted molar refractivity (Wildman–Crippen MR) is 185 cm³/mol. The molecule has 17 nitrogen and oxygen atoms in total. The lowest BCUT2D eigenvalue weighted by molar-refractivity contribution is -0.157. The highest BCUT2D eigenvalue weighted by Gasteiger charge is 2.59. The van der Waals surface area contributed by atoms with E-state index in [0.29, 0.717) is 16.0 Å². The highest BCUT2D eigenvalue weighted by atomic mass is 32.2. The number of nitrogens with zero attached hydrogens (tertiary/aromatic N) is 4. The summed E-state index contributed by atoms with van der Waals surface area (Å²) in [5, 5.41) is 8.92. The van der Waals surface area contributed by atoms with E-state index < -0.39 is 75.8 Å². The number of carboxylic acid groups (broad SMARTS) is 1. The first-order chi connectivity index (χ1) is 24.8. The number of nitrogens with one attached hydrogen (secondary N) is 1. The van der Waals surface area contributed by atoms with E-state index in [2.05, 4.69) is 9.97 Å². The van der Waals surface area contributed by atoms with Crippen LogP contribution in [0.5, 0.6) is 0 Å². The molecule has 0 spiro atoms. The molecule has 0 aliphatic carbocycles. The minimum Gasteiger partial charge on any atom is -0.477 e. The molecule has 2 aliphatic rings. The second-order valence-corrected chi connectivity index (χ2v) is 12.7. The number of aromatic amines is 1. The number of amides is 5. The highest BCUT2D eigenvalue weighted by Crippen LogP contribution is 2.43. The van der Waals surface area contributed by atoms with Crippen molar-refractivity contribution in [3.8, 4) is 11.4 Å². The van der Waals surface area contributed by atoms with Crippen molar-refractivity contribution in [2.75, 3.05) is 23.8 Å². The van der Waals surface area contributed by atoms with Gasteiger partial charge in [0.05, 0.1) is 5.69 Å². The molecule has 6 N–H and O–H groups in total. The predicted octanol–water partition coefficient (Wildman–Crippen LogP) is 0.520. The summed E-state index contributed by atoms with van der Waals surface area (Å²) in [4.78, 5) is 113. The largest absolute Gasteiger partial charge is 0.477 e. The minimum atomic E-state index is -1.55. The fourth-order valence-corrected chi connectivity index (χ4v) is 7.08. The van der Waals surface area contributed by atoms with Crippen LogP contribution in [0.15, 0.2) is 76.9 Å². The first-order valence-electron chi connectivity index (χ1n) is 15.7. The number of H-pyrrole nitrogens is 1. The average Bonchev–Trinajstić information content (AvgIpc) is 3.12. The number of β-lactam (4-membered cyclic amide) rings is 1. The zero-order chi connectivity index (χ0) is 37.9. The third-order valence-electron chi connectivity index (χ3n) is 8.18. The van der Waals surface area contributed by atoms with Gasteiger partial charge in [-0.25, -0.2) is 9.78 Å². The second kappa shape index (κ2) is 15.5. The van der Waals surface area contributed by atoms with Gasteiger partial charge in [0.25, 0.3) is 23.3 Å². The summed E-state index contributed by atoms with van der Waals surface area (Å²) in [5.41, 5.74) is 10.8. The van der Waals surface area contributed by atoms with Gasteiger partial charge in [-0.2, -0.15) is 0 Å². The van der Waals surface area contributed by atoms with Gasteiger partial charge in [0.15, 0.2) is 0 Å². The second-order valence-electron chi connectivity index (χ2n) is 11.6. The Morgan fingerprint density at radius 2 is 1.73 bits per heavy atom. The number of aliphatic carboxylic acids is 1. The quantitative estimate of drug-likeness (QED) is 0.155. The van der Waals surface area contributed by atoms with Crippen molar-refractivity contribution >= 4 is 58.9 Å². The lowest BCUT2D eigenvalue weighted by Gasteiger charge is -2.52. The number of rotatable bonds is 11. The Balaban J connectivity index is 1.48. The zero-order valence-electron chi connectivity index (χ0n) is 27.8. The van der Waals surface area contributed by atoms with E-state index in [9.17, 15) is 43.5 Å². The summed E-state index contributed by atoms with van der Waals surface area (Å²) in [5.74, 6) is -6.34. The van der Waals surface area contributed by atoms with Gasteiger partial charge in [-0.3, -0.25) is 48.3 Å². The molecular weight excluding hydrogens is 698 g/mol. The van der Waals surface area contributed by atoms with Crippen LogP contribution in [-0.2, 0) is 33.5 Å². The maximum absolute atomic E-state index is 14.1. The van der Waals surface area contributed by atoms with Gasteiger partial charge in [-0.05, 0) is 29.8 Å². The molecule has 18 heteroatoms. The van der Waals surface area contributed by atoms with Crippen LogP contribution < -0.4 is 21.9 Å². The van der Waals surface area contributed by atoms with Crippen molar-refractivity contribution in [1.29, 1.82) is 0 Å². The van der Waals surface area contributed by atoms with E-state index in [4.69, 9.17) is 16.2 Å². The molecule has 2 aliphatic heterocycles. The summed E-state index contributed by atoms with van der Waals surface area (Å²) in [6.07, 6.45) is 0.875. The summed E-state index contributed by atoms with van der Waals surface area (Å²) < 4.78 is 4.97. The number of ether oxygens (including phenoxy) is 1. The van der Waals surface area contributed by atoms with Crippen LogP contribution in [0.25, 0.3) is 11.4 Å². The normalized spacial score (nSPS) is 17.0. The number of esters is 1. The van der Waals surface area contributed by atoms with Gasteiger partial charge in [0.2, 0.25) is 11.8 Å². The molecule has 0 saturated carbocycles. The fourth-order valence-electron chi connectivity index (χ4n) is 5.71. The van der Waals surface area contributed by atoms with Crippen molar-refractivity contribution in [2.24, 2.45) is 11.5 Å². The van der Waals surface area contributed by atoms with E-state index in [1.165, 1.54) is 31.2 Å². The monoisotopic (exact) mass is 731 g/mol. The first kappa shape index (κ1) is 37.3. The highest BCUT2D eigenvalue weighted by molar-refractivity contribution is 8.00. The fraction of sp³-hybridized carbons (Fsp3) is 0.265. The number of nitrogens with two attached hydrogens (primary N) is 2. The van der Waals surface area contributed by atoms with E-state index in [0.717, 1.165) is 34.7 Å². The molecule has 0 bridgehead atoms. The average molecular weight is 732 g/mol. The number of hydrogen-bond acceptors (Lipinski definition) is 13. The number of benzene rings is 2. The molecule has 5 rings (SSSR count). The van der Waals surface area contributed by atoms with Crippen LogP contribution in [-0.4, -0.2) is 96.7 Å². The number of carbonyl (C=O) groups is 7. The SMILES string of the molecule is CC(=O)OCC1=C(C(=O)O)N2C(=O)C(N(C(=O)c3cnc(-c4ccc(N(C(C)=O)C(=O)CCN)cc4)[nH]c3=O)C(=O)C(N)c3ccccc3)[C@@H]2SC1. The Hall–Kier alpha value is -5.98. The number of fused-ring (bicyclic) bond motifs is 1. The molecule has 3 heterocycles. The van der Waals surface area contributed by atoms with Gasteiger partial charge in [-0.1, -0.05) is 30.3 Å². The van der Waals surface area contributed by atoms with Gasteiger partial charge in [0.1, 0.15) is 41.1 Å². The van der Waals surface area contributed by atoms with Crippen LogP contribution >= 0.6 is 11.8 Å². The molecule has 0 radical (unpaired) electrons. The minimum absolute atomic E-state index is 0.0000913. The maximum Gasteiger partial charge on any atom is 0.352 e. The van der Waals surface area contributed by atoms with E-state index in [-0.39, 0.29) is 42.4 Å². The van der Waals surface area contributed by atoms with Gasteiger partial charge in [-0.15, -0.1) is 11.8 Å². The van der Waals surface area contributed by atoms with Crippen molar-refractivity contribution in [1.82, 2.24) is 19.8 Å². The molecule has 52 heavy (non-hydrogen) atoms. The molecule has 1 saturated heterocycles. The number of aromatic nitrogens is 2. The molecule has 2 aromatic carbocycles. The number of carbonyl (C=O) groups excluding carboxylic acids is 6. The smallest absolute Gasteiger partial charge is 0.352 e. The van der Waals surface area contributed by atoms with Crippen LogP contribution in [0.4, 0.5) is 5.69 Å². The Morgan fingerprint density at radius 1 is 1.06 bits per heavy atom. The lowest BCUT2D eigenvalue weighted by atomic mass is 9.98. The summed E-state index contributed by atoms with van der Waals surface area (Å²) in [6, 6.07) is 10.9. The molecule has 1 fully saturated rings. The van der Waals surface area contributed by atoms with Gasteiger partial charge in [0, 0.05) is 49.9 Å². The topological polar surface area (TPSA) is 256 Å². The Bertz CT molecular complexity index is 2050. The lowest BCUT2D eigenvalue weighted by Crippen LogP contribution is -2.73. The molecular formula is C34H33N7O10S. The maximum atomic E-state index is 14.1. The van der Waals surface area contributed by atoms with Crippen molar-refractivity contribution in [3.63, 3.8) is 0 Å². The standard InChI is InChI=1S/C34H33N7O10S/c1-17(42)39(24(44)12-13-35)22-10-8-20(9-11-22)28-37-14-23(29(45)38-28)30(46)40(31(47)25(36)19-6-4-3-5-7-19)27-32(48)41-26(34(49)50)21(15-51-18(2)43)16-52-33(27)41/h3-11,14,25,27,33H,12-13,15-16,35-36H2,1-2H3,(H,49,50)(H,37,38,45)/t25?,27?,33-/m0/s1. The molecule has 2 unspecified atom stereocenters. The zero-order valence-corrected chi connectivity index (χ0v) is 28.6. The first-order valence-corrected chi connectivity index (χ1v) is 16.8. The molecule has 3 atom stereocenters. The van der Waals surface area contributed by atoms with Crippen LogP contribution in [0.2, 0.25) is 0 Å². The number of hydrogen-bond donors (Lipinski definition) is 4. The number of anilines is 1. The molecule has 1 aromatic heterocycles. The Morgan fingerprint density at radius 3 is 2.31 bits per heavy atom. The number of thioether (sulfide) groups is 1. The van der Waals surface area contributed by atoms with E-state index in [1.54, 1.807) is 30.3 Å². The number of carboxylic acids is 1. The summed E-state index contributed by atoms with van der Waals surface area (Å²) >= 11 is 1.04. The van der Waals surface area contributed by atoms with Gasteiger partial charge >= 0.3 is 11.9 Å². The van der Waals surface area contributed by atoms with Gasteiger partial charge < -0.3 is 26.3 Å². The molecule has 270 valence electrons. The third-order valence-corrected chi connectivity index (χ3v) is 9.51. The molecule has 5 amide bonds. The van der Waals surface area contributed by atoms with Crippen molar-refractivity contribution in [2.45, 2.75) is 37.7 Å². The van der Waals surface area contributed by atoms with Crippen LogP contribution in [0.3, 0.4) is 0 Å². The van der Waals surface area contributed by atoms with E-state index >= 15 is 0 Å². The summed E-state index contributed by atoms with van der Waals surface area (Å²) in [6.45, 7) is 2.03. The van der Waals surface area contributed by atoms with Crippen LogP contribution in [0.1, 0.15) is 42.2 Å². The third kappa shape index (κ3) is 7.25. The summed E-state index contributed by atoms with van der Waals surface area (Å²) in [7, 11) is 0. The number of imide groups is 2. The van der Waals surface area contributed by atoms with Crippen molar-refractivity contribution in [3.05, 3.63) is 93.5 Å². The van der Waals surface area contributed by atoms with Crippen molar-refractivity contribution < 1.29 is 43.4 Å². The Labute approximate surface area is 299 Å². The van der Waals surface area contributed by atoms with E-state index in [1.807, 2.05) is 0 Å². The Kier molecular flexibility index (Phi) is 11.1.